The summed E-state index contributed by atoms with van der Waals surface area (Å²) in [7, 11) is 6.00. The van der Waals surface area contributed by atoms with Crippen molar-refractivity contribution in [3.63, 3.8) is 0 Å². The van der Waals surface area contributed by atoms with E-state index < -0.39 is 0 Å². The summed E-state index contributed by atoms with van der Waals surface area (Å²) in [6.07, 6.45) is 5.91. The summed E-state index contributed by atoms with van der Waals surface area (Å²) in [6, 6.07) is 17.1. The number of nitrogens with zero attached hydrogens (tertiary/aromatic N) is 7. The number of halogens is 1. The van der Waals surface area contributed by atoms with Gasteiger partial charge in [0.2, 0.25) is 0 Å². The highest BCUT2D eigenvalue weighted by Crippen LogP contribution is 2.43. The minimum atomic E-state index is 0.648. The van der Waals surface area contributed by atoms with E-state index in [2.05, 4.69) is 62.0 Å². The monoisotopic (exact) mass is 545 g/mol. The van der Waals surface area contributed by atoms with Gasteiger partial charge in [0.15, 0.2) is 5.65 Å². The molecule has 0 bridgehead atoms. The maximum Gasteiger partial charge on any atom is 0.157 e. The van der Waals surface area contributed by atoms with Crippen molar-refractivity contribution in [3.05, 3.63) is 65.9 Å². The molecule has 204 valence electrons. The van der Waals surface area contributed by atoms with E-state index >= 15 is 0 Å². The van der Waals surface area contributed by atoms with Crippen LogP contribution in [0.2, 0.25) is 5.02 Å². The van der Waals surface area contributed by atoms with Crippen molar-refractivity contribution in [2.75, 3.05) is 70.3 Å². The maximum absolute atomic E-state index is 6.45. The quantitative estimate of drug-likeness (QED) is 0.336. The number of anilines is 3. The number of rotatable bonds is 6. The van der Waals surface area contributed by atoms with Crippen molar-refractivity contribution in [2.24, 2.45) is 0 Å². The van der Waals surface area contributed by atoms with Gasteiger partial charge in [-0.15, -0.1) is 0 Å². The molecule has 0 unspecified atom stereocenters. The molecule has 2 aliphatic rings. The molecule has 2 saturated heterocycles. The highest BCUT2D eigenvalue weighted by atomic mass is 35.5. The molecule has 0 atom stereocenters. The molecular formula is C30H36ClN7O. The molecule has 4 aromatic rings. The van der Waals surface area contributed by atoms with Gasteiger partial charge in [-0.2, -0.15) is 9.61 Å². The van der Waals surface area contributed by atoms with Crippen LogP contribution >= 0.6 is 11.6 Å². The van der Waals surface area contributed by atoms with Crippen molar-refractivity contribution >= 4 is 34.4 Å². The molecule has 2 aliphatic heterocycles. The molecule has 39 heavy (non-hydrogen) atoms. The first-order valence-electron chi connectivity index (χ1n) is 13.7. The average molecular weight is 546 g/mol. The van der Waals surface area contributed by atoms with E-state index in [0.717, 1.165) is 78.1 Å². The van der Waals surface area contributed by atoms with E-state index in [1.807, 2.05) is 41.0 Å². The van der Waals surface area contributed by atoms with Crippen LogP contribution in [0.5, 0.6) is 5.75 Å². The minimum Gasteiger partial charge on any atom is -0.495 e. The van der Waals surface area contributed by atoms with Crippen molar-refractivity contribution in [3.8, 4) is 16.9 Å². The Morgan fingerprint density at radius 2 is 1.74 bits per heavy atom. The highest BCUT2D eigenvalue weighted by molar-refractivity contribution is 6.30. The zero-order valence-corrected chi connectivity index (χ0v) is 23.7. The summed E-state index contributed by atoms with van der Waals surface area (Å²) < 4.78 is 7.82. The molecule has 2 aromatic heterocycles. The van der Waals surface area contributed by atoms with Crippen molar-refractivity contribution < 1.29 is 4.74 Å². The number of ether oxygens (including phenoxy) is 1. The fraction of sp³-hybridized carbons (Fsp3) is 0.400. The molecule has 9 heteroatoms. The predicted octanol–water partition coefficient (Wildman–Crippen LogP) is 5.04. The first kappa shape index (κ1) is 25.9. The number of aromatic nitrogens is 3. The molecule has 2 fully saturated rings. The maximum atomic E-state index is 6.45. The second-order valence-corrected chi connectivity index (χ2v) is 11.0. The molecule has 6 rings (SSSR count). The summed E-state index contributed by atoms with van der Waals surface area (Å²) in [5, 5.41) is 5.23. The van der Waals surface area contributed by atoms with E-state index in [1.165, 1.54) is 18.8 Å². The summed E-state index contributed by atoms with van der Waals surface area (Å²) in [6.45, 7) is 6.68. The van der Waals surface area contributed by atoms with Crippen LogP contribution in [-0.4, -0.2) is 90.9 Å². The lowest BCUT2D eigenvalue weighted by Crippen LogP contribution is -2.52. The smallest absolute Gasteiger partial charge is 0.157 e. The van der Waals surface area contributed by atoms with E-state index in [4.69, 9.17) is 16.3 Å². The number of piperazine rings is 1. The fourth-order valence-corrected chi connectivity index (χ4v) is 6.18. The van der Waals surface area contributed by atoms with Gasteiger partial charge in [-0.05, 0) is 55.8 Å². The number of likely N-dealkylation sites (N-methyl/N-ethyl adjacent to an activating group) is 1. The Morgan fingerprint density at radius 1 is 0.949 bits per heavy atom. The van der Waals surface area contributed by atoms with E-state index in [1.54, 1.807) is 13.3 Å². The van der Waals surface area contributed by atoms with Crippen LogP contribution in [0.15, 0.2) is 60.9 Å². The number of piperidine rings is 1. The number of hydrogen-bond donors (Lipinski definition) is 0. The van der Waals surface area contributed by atoms with E-state index in [0.29, 0.717) is 6.04 Å². The summed E-state index contributed by atoms with van der Waals surface area (Å²) >= 11 is 6.45. The Bertz CT molecular complexity index is 1440. The Balaban J connectivity index is 1.37. The molecule has 8 nitrogen and oxygen atoms in total. The van der Waals surface area contributed by atoms with Crippen LogP contribution < -0.4 is 14.5 Å². The lowest BCUT2D eigenvalue weighted by Gasteiger charge is -2.43. The Morgan fingerprint density at radius 3 is 2.49 bits per heavy atom. The van der Waals surface area contributed by atoms with Gasteiger partial charge >= 0.3 is 0 Å². The van der Waals surface area contributed by atoms with Gasteiger partial charge in [0, 0.05) is 80.9 Å². The van der Waals surface area contributed by atoms with Crippen LogP contribution in [0.3, 0.4) is 0 Å². The van der Waals surface area contributed by atoms with E-state index in [9.17, 15) is 0 Å². The summed E-state index contributed by atoms with van der Waals surface area (Å²) in [5.41, 5.74) is 5.19. The molecule has 0 saturated carbocycles. The highest BCUT2D eigenvalue weighted by Gasteiger charge is 2.29. The van der Waals surface area contributed by atoms with Crippen LogP contribution in [0, 0.1) is 0 Å². The van der Waals surface area contributed by atoms with Crippen LogP contribution in [-0.2, 0) is 0 Å². The number of fused-ring (bicyclic) bond motifs is 1. The molecule has 0 aliphatic carbocycles. The van der Waals surface area contributed by atoms with Gasteiger partial charge < -0.3 is 19.4 Å². The number of hydrogen-bond acceptors (Lipinski definition) is 7. The zero-order valence-electron chi connectivity index (χ0n) is 22.9. The molecule has 0 spiro atoms. The van der Waals surface area contributed by atoms with E-state index in [-0.39, 0.29) is 0 Å². The normalized spacial score (nSPS) is 17.6. The second kappa shape index (κ2) is 11.0. The summed E-state index contributed by atoms with van der Waals surface area (Å²) in [4.78, 5) is 14.2. The first-order valence-corrected chi connectivity index (χ1v) is 14.1. The predicted molar refractivity (Wildman–Crippen MR) is 159 cm³/mol. The Hall–Kier alpha value is -3.33. The fourth-order valence-electron chi connectivity index (χ4n) is 5.99. The van der Waals surface area contributed by atoms with Crippen molar-refractivity contribution in [1.29, 1.82) is 0 Å². The number of benzene rings is 2. The van der Waals surface area contributed by atoms with Crippen LogP contribution in [0.25, 0.3) is 16.8 Å². The molecule has 0 N–H and O–H groups in total. The Kier molecular flexibility index (Phi) is 7.34. The second-order valence-electron chi connectivity index (χ2n) is 10.6. The Labute approximate surface area is 235 Å². The van der Waals surface area contributed by atoms with Crippen LogP contribution in [0.4, 0.5) is 17.2 Å². The van der Waals surface area contributed by atoms with Crippen molar-refractivity contribution in [2.45, 2.75) is 18.9 Å². The minimum absolute atomic E-state index is 0.648. The molecule has 2 aromatic carbocycles. The average Bonchev–Trinajstić information content (AvgIpc) is 3.46. The van der Waals surface area contributed by atoms with Gasteiger partial charge in [0.1, 0.15) is 11.6 Å². The third-order valence-electron chi connectivity index (χ3n) is 8.27. The van der Waals surface area contributed by atoms with Gasteiger partial charge in [-0.25, -0.2) is 4.98 Å². The third-order valence-corrected chi connectivity index (χ3v) is 8.50. The molecule has 4 heterocycles. The third kappa shape index (κ3) is 5.16. The number of methoxy groups -OCH3 is 1. The van der Waals surface area contributed by atoms with Crippen LogP contribution in [0.1, 0.15) is 12.8 Å². The molecular weight excluding hydrogens is 510 g/mol. The lowest BCUT2D eigenvalue weighted by atomic mass is 9.97. The van der Waals surface area contributed by atoms with Gasteiger partial charge in [0.05, 0.1) is 19.0 Å². The molecule has 0 radical (unpaired) electrons. The topological polar surface area (TPSA) is 52.4 Å². The largest absolute Gasteiger partial charge is 0.495 e. The standard InChI is InChI=1S/C30H36ClN7O/c1-34-15-17-36(18-16-34)24-9-13-37(14-10-24)26-21-27(35(2)30-8-11-32-29-7-12-33-38(29)30)28(39-3)20-25(26)22-5-4-6-23(31)19-22/h4-8,11-12,19-21,24H,9-10,13-18H2,1-3H3. The van der Waals surface area contributed by atoms with Gasteiger partial charge in [0.25, 0.3) is 0 Å². The molecule has 0 amide bonds. The van der Waals surface area contributed by atoms with Gasteiger partial charge in [-0.1, -0.05) is 23.7 Å². The van der Waals surface area contributed by atoms with Crippen molar-refractivity contribution in [1.82, 2.24) is 24.4 Å². The summed E-state index contributed by atoms with van der Waals surface area (Å²) in [5.74, 6) is 1.71. The SMILES string of the molecule is COc1cc(-c2cccc(Cl)c2)c(N2CCC(N3CCN(C)CC3)CC2)cc1N(C)c1ccnc2ccnn12. The zero-order chi connectivity index (χ0) is 26.9. The van der Waals surface area contributed by atoms with Gasteiger partial charge in [-0.3, -0.25) is 4.90 Å². The lowest BCUT2D eigenvalue weighted by molar-refractivity contribution is 0.0982. The first-order chi connectivity index (χ1) is 19.0.